The molecule has 3 nitrogen and oxygen atoms in total. The second-order valence-electron chi connectivity index (χ2n) is 3.94. The van der Waals surface area contributed by atoms with Gasteiger partial charge in [0.2, 0.25) is 0 Å². The lowest BCUT2D eigenvalue weighted by Crippen LogP contribution is -2.28. The molecule has 0 atom stereocenters. The van der Waals surface area contributed by atoms with E-state index in [9.17, 15) is 25.5 Å². The third kappa shape index (κ3) is 2.35. The van der Waals surface area contributed by atoms with Crippen molar-refractivity contribution in [3.05, 3.63) is 28.8 Å². The van der Waals surface area contributed by atoms with E-state index in [1.165, 1.54) is 6.07 Å². The fourth-order valence-corrected chi connectivity index (χ4v) is 2.77. The normalized spacial score (nSPS) is 16.4. The highest BCUT2D eigenvalue weighted by Gasteiger charge is 2.40. The molecule has 0 fully saturated rings. The molecule has 0 saturated heterocycles. The molecule has 1 aromatic carbocycles. The number of hydrogen-bond donors (Lipinski definition) is 1. The van der Waals surface area contributed by atoms with E-state index in [1.807, 2.05) is 0 Å². The number of hydrogen-bond acceptors (Lipinski definition) is 3. The van der Waals surface area contributed by atoms with Crippen molar-refractivity contribution in [1.82, 2.24) is 5.32 Å². The maximum absolute atomic E-state index is 12.9. The average molecular weight is 283 g/mol. The second kappa shape index (κ2) is 4.20. The molecular formula is C10H9F4NO2S. The number of nitrogens with one attached hydrogen (secondary N) is 1. The van der Waals surface area contributed by atoms with Crippen molar-refractivity contribution < 1.29 is 25.5 Å². The van der Waals surface area contributed by atoms with Crippen LogP contribution < -0.4 is 5.32 Å². The van der Waals surface area contributed by atoms with Gasteiger partial charge < -0.3 is 5.32 Å². The largest absolute Gasteiger partial charge is 0.418 e. The fraction of sp³-hybridized carbons (Fsp3) is 0.400. The van der Waals surface area contributed by atoms with E-state index < -0.39 is 26.9 Å². The van der Waals surface area contributed by atoms with Gasteiger partial charge in [-0.2, -0.15) is 21.6 Å². The Labute approximate surface area is 101 Å². The predicted octanol–water partition coefficient (Wildman–Crippen LogP) is 2.01. The van der Waals surface area contributed by atoms with Crippen molar-refractivity contribution in [1.29, 1.82) is 0 Å². The lowest BCUT2D eigenvalue weighted by atomic mass is 9.95. The van der Waals surface area contributed by atoms with E-state index in [2.05, 4.69) is 5.32 Å². The minimum Gasteiger partial charge on any atom is -0.312 e. The van der Waals surface area contributed by atoms with Gasteiger partial charge in [-0.05, 0) is 30.2 Å². The van der Waals surface area contributed by atoms with E-state index in [0.29, 0.717) is 24.6 Å². The first-order valence-electron chi connectivity index (χ1n) is 5.08. The van der Waals surface area contributed by atoms with Crippen LogP contribution in [0.4, 0.5) is 17.1 Å². The molecule has 2 rings (SSSR count). The molecular weight excluding hydrogens is 274 g/mol. The average Bonchev–Trinajstić information content (AvgIpc) is 2.24. The van der Waals surface area contributed by atoms with Gasteiger partial charge in [0.1, 0.15) is 4.90 Å². The van der Waals surface area contributed by atoms with Gasteiger partial charge in [0.25, 0.3) is 0 Å². The van der Waals surface area contributed by atoms with Crippen LogP contribution in [0.25, 0.3) is 0 Å². The first-order chi connectivity index (χ1) is 8.21. The smallest absolute Gasteiger partial charge is 0.312 e. The molecule has 0 amide bonds. The minimum absolute atomic E-state index is 0.118. The van der Waals surface area contributed by atoms with Crippen molar-refractivity contribution in [2.45, 2.75) is 24.0 Å². The molecule has 1 aromatic rings. The SMILES string of the molecule is O=S(=O)(F)c1ccc2c(c1C(F)(F)F)CNCC2. The lowest BCUT2D eigenvalue weighted by Gasteiger charge is -2.23. The van der Waals surface area contributed by atoms with E-state index in [0.717, 1.165) is 0 Å². The third-order valence-electron chi connectivity index (χ3n) is 2.79. The highest BCUT2D eigenvalue weighted by atomic mass is 32.3. The summed E-state index contributed by atoms with van der Waals surface area (Å²) in [4.78, 5) is -1.31. The van der Waals surface area contributed by atoms with Gasteiger partial charge in [-0.25, -0.2) is 0 Å². The van der Waals surface area contributed by atoms with Crippen LogP contribution in [0, 0.1) is 0 Å². The quantitative estimate of drug-likeness (QED) is 0.633. The summed E-state index contributed by atoms with van der Waals surface area (Å²) in [5.74, 6) is 0. The van der Waals surface area contributed by atoms with Crippen molar-refractivity contribution in [3.8, 4) is 0 Å². The molecule has 0 aromatic heterocycles. The Balaban J connectivity index is 2.78. The summed E-state index contributed by atoms with van der Waals surface area (Å²) in [6, 6.07) is 1.92. The minimum atomic E-state index is -5.40. The first-order valence-corrected chi connectivity index (χ1v) is 6.47. The number of fused-ring (bicyclic) bond motifs is 1. The first kappa shape index (κ1) is 13.3. The summed E-state index contributed by atoms with van der Waals surface area (Å²) in [7, 11) is -5.40. The molecule has 0 aliphatic carbocycles. The van der Waals surface area contributed by atoms with Crippen LogP contribution in [-0.2, 0) is 29.4 Å². The van der Waals surface area contributed by atoms with Gasteiger partial charge in [0, 0.05) is 6.54 Å². The summed E-state index contributed by atoms with van der Waals surface area (Å²) in [6.07, 6.45) is -4.55. The van der Waals surface area contributed by atoms with Crippen LogP contribution in [0.15, 0.2) is 17.0 Å². The van der Waals surface area contributed by atoms with Gasteiger partial charge in [-0.15, -0.1) is 3.89 Å². The second-order valence-corrected chi connectivity index (χ2v) is 5.25. The maximum atomic E-state index is 12.9. The molecule has 0 spiro atoms. The number of alkyl halides is 3. The van der Waals surface area contributed by atoms with Crippen LogP contribution in [0.3, 0.4) is 0 Å². The van der Waals surface area contributed by atoms with Crippen molar-refractivity contribution in [3.63, 3.8) is 0 Å². The van der Waals surface area contributed by atoms with Gasteiger partial charge >= 0.3 is 16.4 Å². The Kier molecular flexibility index (Phi) is 3.10. The molecule has 18 heavy (non-hydrogen) atoms. The maximum Gasteiger partial charge on any atom is 0.418 e. The van der Waals surface area contributed by atoms with Crippen LogP contribution in [0.2, 0.25) is 0 Å². The fourth-order valence-electron chi connectivity index (χ4n) is 2.06. The van der Waals surface area contributed by atoms with Gasteiger partial charge in [0.05, 0.1) is 5.56 Å². The molecule has 0 bridgehead atoms. The number of benzene rings is 1. The van der Waals surface area contributed by atoms with Gasteiger partial charge in [0.15, 0.2) is 0 Å². The molecule has 0 unspecified atom stereocenters. The standard InChI is InChI=1S/C10H9F4NO2S/c11-10(12,13)9-7-5-15-4-3-6(7)1-2-8(9)18(14,16)17/h1-2,15H,3-5H2. The summed E-state index contributed by atoms with van der Waals surface area (Å²) >= 11 is 0. The molecule has 1 aliphatic heterocycles. The predicted molar refractivity (Wildman–Crippen MR) is 55.1 cm³/mol. The Morgan fingerprint density at radius 1 is 1.22 bits per heavy atom. The zero-order valence-corrected chi connectivity index (χ0v) is 9.83. The van der Waals surface area contributed by atoms with Crippen LogP contribution in [0.5, 0.6) is 0 Å². The number of halogens is 4. The summed E-state index contributed by atoms with van der Waals surface area (Å²) in [6.45, 7) is 0.388. The Hall–Kier alpha value is -1.15. The zero-order chi connectivity index (χ0) is 13.6. The number of rotatable bonds is 1. The Morgan fingerprint density at radius 2 is 1.89 bits per heavy atom. The molecule has 1 aliphatic rings. The zero-order valence-electron chi connectivity index (χ0n) is 9.01. The van der Waals surface area contributed by atoms with E-state index in [-0.39, 0.29) is 12.1 Å². The lowest BCUT2D eigenvalue weighted by molar-refractivity contribution is -0.140. The van der Waals surface area contributed by atoms with E-state index in [1.54, 1.807) is 0 Å². The van der Waals surface area contributed by atoms with Gasteiger partial charge in [-0.1, -0.05) is 6.07 Å². The monoisotopic (exact) mass is 283 g/mol. The van der Waals surface area contributed by atoms with E-state index >= 15 is 0 Å². The highest BCUT2D eigenvalue weighted by Crippen LogP contribution is 2.39. The van der Waals surface area contributed by atoms with Crippen LogP contribution in [0.1, 0.15) is 16.7 Å². The van der Waals surface area contributed by atoms with Crippen molar-refractivity contribution >= 4 is 10.2 Å². The molecule has 8 heteroatoms. The molecule has 100 valence electrons. The van der Waals surface area contributed by atoms with E-state index in [4.69, 9.17) is 0 Å². The molecule has 0 radical (unpaired) electrons. The molecule has 1 N–H and O–H groups in total. The Morgan fingerprint density at radius 3 is 2.44 bits per heavy atom. The molecule has 1 heterocycles. The summed E-state index contributed by atoms with van der Waals surface area (Å²) in [5, 5.41) is 2.71. The van der Waals surface area contributed by atoms with Crippen molar-refractivity contribution in [2.75, 3.05) is 6.54 Å². The van der Waals surface area contributed by atoms with Crippen LogP contribution >= 0.6 is 0 Å². The van der Waals surface area contributed by atoms with Crippen LogP contribution in [-0.4, -0.2) is 15.0 Å². The van der Waals surface area contributed by atoms with Gasteiger partial charge in [-0.3, -0.25) is 0 Å². The summed E-state index contributed by atoms with van der Waals surface area (Å²) in [5.41, 5.74) is -1.18. The molecule has 0 saturated carbocycles. The topological polar surface area (TPSA) is 46.2 Å². The van der Waals surface area contributed by atoms with Crippen molar-refractivity contribution in [2.24, 2.45) is 0 Å². The Bertz CT molecular complexity index is 580. The summed E-state index contributed by atoms with van der Waals surface area (Å²) < 4.78 is 73.3. The highest BCUT2D eigenvalue weighted by molar-refractivity contribution is 7.86. The third-order valence-corrected chi connectivity index (χ3v) is 3.66.